The summed E-state index contributed by atoms with van der Waals surface area (Å²) in [6.45, 7) is 1.92. The van der Waals surface area contributed by atoms with Gasteiger partial charge in [-0.3, -0.25) is 9.59 Å². The molecule has 0 unspecified atom stereocenters. The summed E-state index contributed by atoms with van der Waals surface area (Å²) in [6.07, 6.45) is 4.26. The summed E-state index contributed by atoms with van der Waals surface area (Å²) in [5.41, 5.74) is 1.28. The third kappa shape index (κ3) is 4.17. The maximum absolute atomic E-state index is 13.7. The largest absolute Gasteiger partial charge is 0.496 e. The van der Waals surface area contributed by atoms with Gasteiger partial charge in [0.25, 0.3) is 5.91 Å². The van der Waals surface area contributed by atoms with Gasteiger partial charge in [0.05, 0.1) is 18.8 Å². The van der Waals surface area contributed by atoms with Crippen molar-refractivity contribution in [2.24, 2.45) is 5.92 Å². The summed E-state index contributed by atoms with van der Waals surface area (Å²) in [5.74, 6) is 0.401. The second kappa shape index (κ2) is 8.71. The fraction of sp³-hybridized carbons (Fsp3) is 0.440. The summed E-state index contributed by atoms with van der Waals surface area (Å²) in [5, 5.41) is 14.2. The predicted octanol–water partition coefficient (Wildman–Crippen LogP) is 4.16. The molecule has 1 aliphatic heterocycles. The molecule has 2 amide bonds. The number of anilines is 1. The zero-order valence-corrected chi connectivity index (χ0v) is 18.1. The van der Waals surface area contributed by atoms with Gasteiger partial charge in [-0.1, -0.05) is 37.1 Å². The van der Waals surface area contributed by atoms with Gasteiger partial charge in [-0.15, -0.1) is 0 Å². The molecule has 2 N–H and O–H groups in total. The number of carbonyl (C=O) groups is 2. The molecule has 1 saturated carbocycles. The lowest BCUT2D eigenvalue weighted by Crippen LogP contribution is -2.56. The lowest BCUT2D eigenvalue weighted by Gasteiger charge is -2.52. The van der Waals surface area contributed by atoms with Gasteiger partial charge < -0.3 is 20.1 Å². The fourth-order valence-electron chi connectivity index (χ4n) is 5.30. The third-order valence-electron chi connectivity index (χ3n) is 6.72. The highest BCUT2D eigenvalue weighted by Gasteiger charge is 2.50. The van der Waals surface area contributed by atoms with E-state index in [2.05, 4.69) is 5.32 Å². The van der Waals surface area contributed by atoms with Crippen molar-refractivity contribution in [1.82, 2.24) is 4.90 Å². The van der Waals surface area contributed by atoms with E-state index in [4.69, 9.17) is 4.74 Å². The van der Waals surface area contributed by atoms with Crippen molar-refractivity contribution >= 4 is 17.5 Å². The van der Waals surface area contributed by atoms with Crippen LogP contribution in [0, 0.1) is 5.92 Å². The molecule has 2 aromatic rings. The van der Waals surface area contributed by atoms with E-state index < -0.39 is 5.60 Å². The average molecular weight is 423 g/mol. The number of carbonyl (C=O) groups excluding carboxylic acids is 2. The molecule has 0 radical (unpaired) electrons. The van der Waals surface area contributed by atoms with Crippen LogP contribution in [0.5, 0.6) is 5.75 Å². The number of aliphatic hydroxyl groups is 1. The molecule has 2 fully saturated rings. The van der Waals surface area contributed by atoms with Gasteiger partial charge in [-0.25, -0.2) is 0 Å². The van der Waals surface area contributed by atoms with E-state index in [1.165, 1.54) is 6.92 Å². The number of ether oxygens (including phenoxy) is 1. The highest BCUT2D eigenvalue weighted by atomic mass is 16.5. The minimum atomic E-state index is -0.765. The summed E-state index contributed by atoms with van der Waals surface area (Å²) < 4.78 is 5.64. The van der Waals surface area contributed by atoms with Crippen molar-refractivity contribution in [2.75, 3.05) is 19.0 Å². The highest BCUT2D eigenvalue weighted by molar-refractivity contribution is 5.97. The van der Waals surface area contributed by atoms with Gasteiger partial charge in [0.1, 0.15) is 5.75 Å². The monoisotopic (exact) mass is 422 g/mol. The first-order valence-corrected chi connectivity index (χ1v) is 11.0. The van der Waals surface area contributed by atoms with Crippen LogP contribution in [0.15, 0.2) is 48.5 Å². The SMILES string of the molecule is COc1ccccc1[C@@H]1[C@H]2CCCC[C@@]2(O)CCN1C(=O)c1cccc(NC(C)=O)c1. The summed E-state index contributed by atoms with van der Waals surface area (Å²) in [4.78, 5) is 27.0. The maximum Gasteiger partial charge on any atom is 0.254 e. The Morgan fingerprint density at radius 2 is 1.94 bits per heavy atom. The van der Waals surface area contributed by atoms with Crippen LogP contribution in [0.25, 0.3) is 0 Å². The fourth-order valence-corrected chi connectivity index (χ4v) is 5.30. The van der Waals surface area contributed by atoms with E-state index in [0.717, 1.165) is 37.0 Å². The number of nitrogens with zero attached hydrogens (tertiary/aromatic N) is 1. The third-order valence-corrected chi connectivity index (χ3v) is 6.72. The van der Waals surface area contributed by atoms with Crippen LogP contribution in [0.3, 0.4) is 0 Å². The van der Waals surface area contributed by atoms with Gasteiger partial charge in [-0.2, -0.15) is 0 Å². The molecule has 1 aliphatic carbocycles. The van der Waals surface area contributed by atoms with E-state index >= 15 is 0 Å². The Kier molecular flexibility index (Phi) is 6.01. The first-order chi connectivity index (χ1) is 14.9. The predicted molar refractivity (Wildman–Crippen MR) is 119 cm³/mol. The Morgan fingerprint density at radius 3 is 2.71 bits per heavy atom. The number of methoxy groups -OCH3 is 1. The van der Waals surface area contributed by atoms with E-state index in [0.29, 0.717) is 24.2 Å². The lowest BCUT2D eigenvalue weighted by atomic mass is 9.66. The van der Waals surface area contributed by atoms with E-state index in [9.17, 15) is 14.7 Å². The van der Waals surface area contributed by atoms with Crippen LogP contribution in [0.1, 0.15) is 61.0 Å². The van der Waals surface area contributed by atoms with Crippen LogP contribution in [0.2, 0.25) is 0 Å². The molecule has 3 atom stereocenters. The highest BCUT2D eigenvalue weighted by Crippen LogP contribution is 2.51. The summed E-state index contributed by atoms with van der Waals surface area (Å²) in [6, 6.07) is 14.5. The number of hydrogen-bond acceptors (Lipinski definition) is 4. The number of piperidine rings is 1. The number of benzene rings is 2. The van der Waals surface area contributed by atoms with E-state index in [1.807, 2.05) is 29.2 Å². The van der Waals surface area contributed by atoms with Crippen LogP contribution < -0.4 is 10.1 Å². The zero-order chi connectivity index (χ0) is 22.0. The zero-order valence-electron chi connectivity index (χ0n) is 18.1. The molecule has 0 bridgehead atoms. The molecule has 2 aromatic carbocycles. The second-order valence-corrected chi connectivity index (χ2v) is 8.65. The second-order valence-electron chi connectivity index (χ2n) is 8.65. The van der Waals surface area contributed by atoms with Gasteiger partial charge in [0, 0.05) is 36.2 Å². The minimum Gasteiger partial charge on any atom is -0.496 e. The van der Waals surface area contributed by atoms with Crippen LogP contribution in [-0.2, 0) is 4.79 Å². The van der Waals surface area contributed by atoms with E-state index in [-0.39, 0.29) is 23.8 Å². The maximum atomic E-state index is 13.7. The Balaban J connectivity index is 1.75. The number of nitrogens with one attached hydrogen (secondary N) is 1. The van der Waals surface area contributed by atoms with Gasteiger partial charge in [0.15, 0.2) is 0 Å². The van der Waals surface area contributed by atoms with Gasteiger partial charge >= 0.3 is 0 Å². The molecule has 0 spiro atoms. The molecular formula is C25H30N2O4. The minimum absolute atomic E-state index is 0.0474. The summed E-state index contributed by atoms with van der Waals surface area (Å²) in [7, 11) is 1.64. The van der Waals surface area contributed by atoms with Crippen LogP contribution in [0.4, 0.5) is 5.69 Å². The smallest absolute Gasteiger partial charge is 0.254 e. The van der Waals surface area contributed by atoms with Crippen molar-refractivity contribution in [1.29, 1.82) is 0 Å². The molecule has 2 aliphatic rings. The lowest BCUT2D eigenvalue weighted by molar-refractivity contribution is -0.115. The molecule has 6 nitrogen and oxygen atoms in total. The molecule has 0 aromatic heterocycles. The first kappa shape index (κ1) is 21.4. The number of fused-ring (bicyclic) bond motifs is 1. The van der Waals surface area contributed by atoms with Gasteiger partial charge in [-0.05, 0) is 43.5 Å². The Hall–Kier alpha value is -2.86. The van der Waals surface area contributed by atoms with Gasteiger partial charge in [0.2, 0.25) is 5.91 Å². The van der Waals surface area contributed by atoms with Crippen molar-refractivity contribution < 1.29 is 19.4 Å². The number of hydrogen-bond donors (Lipinski definition) is 2. The average Bonchev–Trinajstić information content (AvgIpc) is 2.77. The Bertz CT molecular complexity index is 975. The molecule has 4 rings (SSSR count). The first-order valence-electron chi connectivity index (χ1n) is 11.0. The molecule has 1 heterocycles. The van der Waals surface area contributed by atoms with Crippen molar-refractivity contribution in [3.05, 3.63) is 59.7 Å². The van der Waals surface area contributed by atoms with E-state index in [1.54, 1.807) is 31.4 Å². The number of likely N-dealkylation sites (tertiary alicyclic amines) is 1. The summed E-state index contributed by atoms with van der Waals surface area (Å²) >= 11 is 0. The Labute approximate surface area is 183 Å². The van der Waals surface area contributed by atoms with Crippen molar-refractivity contribution in [3.8, 4) is 5.75 Å². The topological polar surface area (TPSA) is 78.9 Å². The molecule has 6 heteroatoms. The van der Waals surface area contributed by atoms with Crippen molar-refractivity contribution in [2.45, 2.75) is 50.7 Å². The molecular weight excluding hydrogens is 392 g/mol. The molecule has 31 heavy (non-hydrogen) atoms. The molecule has 1 saturated heterocycles. The molecule has 164 valence electrons. The van der Waals surface area contributed by atoms with Crippen molar-refractivity contribution in [3.63, 3.8) is 0 Å². The normalized spacial score (nSPS) is 25.5. The standard InChI is InChI=1S/C25H30N2O4/c1-17(28)26-19-9-7-8-18(16-19)24(29)27-15-14-25(30)13-6-5-11-21(25)23(27)20-10-3-4-12-22(20)31-2/h3-4,7-10,12,16,21,23,30H,5-6,11,13-15H2,1-2H3,(H,26,28)/t21-,23-,25-/m1/s1. The Morgan fingerprint density at radius 1 is 1.13 bits per heavy atom. The number of amides is 2. The van der Waals surface area contributed by atoms with Crippen LogP contribution >= 0.6 is 0 Å². The van der Waals surface area contributed by atoms with Crippen LogP contribution in [-0.4, -0.2) is 41.1 Å². The number of rotatable bonds is 4. The number of para-hydroxylation sites is 1. The quantitative estimate of drug-likeness (QED) is 0.775.